The molecule has 0 amide bonds. The van der Waals surface area contributed by atoms with Gasteiger partial charge in [0.05, 0.1) is 7.11 Å². The first kappa shape index (κ1) is 17.9. The van der Waals surface area contributed by atoms with Crippen molar-refractivity contribution in [1.82, 2.24) is 0 Å². The number of methoxy groups -OCH3 is 1. The second kappa shape index (κ2) is 7.99. The van der Waals surface area contributed by atoms with Gasteiger partial charge in [0.25, 0.3) is 0 Å². The molecule has 2 aromatic carbocycles. The molecule has 7 heteroatoms. The Morgan fingerprint density at radius 2 is 1.67 bits per heavy atom. The fourth-order valence-corrected chi connectivity index (χ4v) is 2.43. The van der Waals surface area contributed by atoms with E-state index in [9.17, 15) is 15.3 Å². The van der Waals surface area contributed by atoms with E-state index in [1.54, 1.807) is 6.07 Å². The molecular formula is C20H15N3O4. The largest absolute Gasteiger partial charge is 0.463 e. The van der Waals surface area contributed by atoms with Gasteiger partial charge in [0.1, 0.15) is 17.5 Å². The Morgan fingerprint density at radius 3 is 2.15 bits per heavy atom. The summed E-state index contributed by atoms with van der Waals surface area (Å²) in [6.07, 6.45) is 0. The van der Waals surface area contributed by atoms with E-state index < -0.39 is 5.97 Å². The Balaban J connectivity index is 2.07. The number of furan rings is 1. The number of benzene rings is 2. The summed E-state index contributed by atoms with van der Waals surface area (Å²) < 4.78 is 9.69. The highest BCUT2D eigenvalue weighted by Crippen LogP contribution is 2.25. The Labute approximate surface area is 155 Å². The van der Waals surface area contributed by atoms with Crippen LogP contribution >= 0.6 is 0 Å². The van der Waals surface area contributed by atoms with Gasteiger partial charge in [-0.15, -0.1) is 10.3 Å². The molecule has 0 radical (unpaired) electrons. The molecule has 1 aromatic heterocycles. The van der Waals surface area contributed by atoms with Crippen LogP contribution in [0.5, 0.6) is 0 Å². The zero-order valence-electron chi connectivity index (χ0n) is 14.4. The standard InChI is InChI=1S/C20H15N3O4/c1-26-20(24)17-12-16(18(13-21)27-17)23(25)22-19(14-8-4-2-5-9-14)15-10-6-3-7-11-15/h2-12,25H,1H3. The number of hydrogen-bond acceptors (Lipinski definition) is 7. The molecule has 0 spiro atoms. The van der Waals surface area contributed by atoms with Crippen LogP contribution in [0.3, 0.4) is 0 Å². The quantitative estimate of drug-likeness (QED) is 0.424. The number of hydrazone groups is 1. The molecule has 0 atom stereocenters. The number of anilines is 1. The van der Waals surface area contributed by atoms with Gasteiger partial charge in [-0.2, -0.15) is 5.26 Å². The Kier molecular flexibility index (Phi) is 5.30. The van der Waals surface area contributed by atoms with Crippen molar-refractivity contribution in [2.45, 2.75) is 0 Å². The Hall–Kier alpha value is -3.89. The molecule has 3 rings (SSSR count). The van der Waals surface area contributed by atoms with E-state index >= 15 is 0 Å². The van der Waals surface area contributed by atoms with E-state index in [2.05, 4.69) is 9.84 Å². The van der Waals surface area contributed by atoms with Crippen LogP contribution < -0.4 is 5.17 Å². The molecular weight excluding hydrogens is 346 g/mol. The highest BCUT2D eigenvalue weighted by atomic mass is 16.5. The minimum absolute atomic E-state index is 0.0673. The molecule has 7 nitrogen and oxygen atoms in total. The highest BCUT2D eigenvalue weighted by molar-refractivity contribution is 6.13. The van der Waals surface area contributed by atoms with E-state index in [0.29, 0.717) is 10.9 Å². The van der Waals surface area contributed by atoms with E-state index in [1.165, 1.54) is 13.2 Å². The zero-order valence-corrected chi connectivity index (χ0v) is 14.4. The molecule has 27 heavy (non-hydrogen) atoms. The first-order valence-corrected chi connectivity index (χ1v) is 7.94. The summed E-state index contributed by atoms with van der Waals surface area (Å²) in [5.74, 6) is -1.23. The molecule has 3 aromatic rings. The van der Waals surface area contributed by atoms with Crippen molar-refractivity contribution in [2.75, 3.05) is 12.3 Å². The van der Waals surface area contributed by atoms with E-state index in [4.69, 9.17) is 4.42 Å². The van der Waals surface area contributed by atoms with Gasteiger partial charge in [-0.25, -0.2) is 4.79 Å². The van der Waals surface area contributed by atoms with Crippen LogP contribution in [-0.2, 0) is 4.74 Å². The molecule has 0 fully saturated rings. The SMILES string of the molecule is COC(=O)c1cc(N(O)N=C(c2ccccc2)c2ccccc2)c(C#N)o1. The fraction of sp³-hybridized carbons (Fsp3) is 0.0500. The van der Waals surface area contributed by atoms with Gasteiger partial charge in [-0.1, -0.05) is 60.7 Å². The first-order chi connectivity index (χ1) is 13.1. The van der Waals surface area contributed by atoms with Crippen molar-refractivity contribution in [3.8, 4) is 6.07 Å². The topological polar surface area (TPSA) is 99.1 Å². The lowest BCUT2D eigenvalue weighted by molar-refractivity contribution is 0.0564. The van der Waals surface area contributed by atoms with Gasteiger partial charge in [0, 0.05) is 17.2 Å². The number of hydrogen-bond donors (Lipinski definition) is 1. The highest BCUT2D eigenvalue weighted by Gasteiger charge is 2.21. The predicted molar refractivity (Wildman–Crippen MR) is 97.6 cm³/mol. The summed E-state index contributed by atoms with van der Waals surface area (Å²) in [6.45, 7) is 0. The van der Waals surface area contributed by atoms with E-state index in [-0.39, 0.29) is 17.2 Å². The first-order valence-electron chi connectivity index (χ1n) is 7.94. The second-order valence-corrected chi connectivity index (χ2v) is 5.40. The van der Waals surface area contributed by atoms with Crippen molar-refractivity contribution >= 4 is 17.4 Å². The maximum Gasteiger partial charge on any atom is 0.374 e. The summed E-state index contributed by atoms with van der Waals surface area (Å²) in [4.78, 5) is 11.6. The number of carbonyl (C=O) groups excluding carboxylic acids is 1. The number of esters is 1. The molecule has 0 bridgehead atoms. The maximum absolute atomic E-state index is 11.6. The molecule has 0 unspecified atom stereocenters. The maximum atomic E-state index is 11.6. The van der Waals surface area contributed by atoms with Crippen LogP contribution in [0, 0.1) is 11.3 Å². The van der Waals surface area contributed by atoms with Gasteiger partial charge in [0.2, 0.25) is 11.5 Å². The monoisotopic (exact) mass is 361 g/mol. The Bertz CT molecular complexity index is 963. The molecule has 0 aliphatic rings. The normalized spacial score (nSPS) is 9.96. The molecule has 1 N–H and O–H groups in total. The van der Waals surface area contributed by atoms with Crippen molar-refractivity contribution in [3.63, 3.8) is 0 Å². The van der Waals surface area contributed by atoms with Crippen LogP contribution in [0.1, 0.15) is 27.4 Å². The summed E-state index contributed by atoms with van der Waals surface area (Å²) in [5, 5.41) is 24.5. The van der Waals surface area contributed by atoms with Crippen LogP contribution in [0.2, 0.25) is 0 Å². The van der Waals surface area contributed by atoms with Crippen LogP contribution in [-0.4, -0.2) is 24.0 Å². The van der Waals surface area contributed by atoms with Gasteiger partial charge in [-0.05, 0) is 0 Å². The number of ether oxygens (including phenoxy) is 1. The molecule has 0 aliphatic heterocycles. The average molecular weight is 361 g/mol. The number of nitrogens with zero attached hydrogens (tertiary/aromatic N) is 3. The number of rotatable bonds is 5. The Morgan fingerprint density at radius 1 is 1.11 bits per heavy atom. The summed E-state index contributed by atoms with van der Waals surface area (Å²) in [7, 11) is 1.19. The van der Waals surface area contributed by atoms with Crippen molar-refractivity contribution in [2.24, 2.45) is 5.10 Å². The third kappa shape index (κ3) is 3.86. The lowest BCUT2D eigenvalue weighted by atomic mass is 10.0. The van der Waals surface area contributed by atoms with Gasteiger partial charge in [-0.3, -0.25) is 5.21 Å². The molecule has 0 saturated heterocycles. The average Bonchev–Trinajstić information content (AvgIpc) is 3.17. The third-order valence-electron chi connectivity index (χ3n) is 3.71. The van der Waals surface area contributed by atoms with Crippen molar-refractivity contribution < 1.29 is 19.2 Å². The minimum Gasteiger partial charge on any atom is -0.463 e. The fourth-order valence-electron chi connectivity index (χ4n) is 2.43. The third-order valence-corrected chi connectivity index (χ3v) is 3.71. The van der Waals surface area contributed by atoms with Gasteiger partial charge < -0.3 is 9.15 Å². The van der Waals surface area contributed by atoms with E-state index in [0.717, 1.165) is 11.1 Å². The molecule has 134 valence electrons. The molecule has 0 saturated carbocycles. The zero-order chi connectivity index (χ0) is 19.2. The van der Waals surface area contributed by atoms with E-state index in [1.807, 2.05) is 60.7 Å². The van der Waals surface area contributed by atoms with Crippen LogP contribution in [0.4, 0.5) is 5.69 Å². The molecule has 1 heterocycles. The molecule has 0 aliphatic carbocycles. The minimum atomic E-state index is -0.763. The number of carbonyl (C=O) groups is 1. The van der Waals surface area contributed by atoms with Crippen molar-refractivity contribution in [3.05, 3.63) is 89.4 Å². The summed E-state index contributed by atoms with van der Waals surface area (Å²) in [6, 6.07) is 21.5. The van der Waals surface area contributed by atoms with Gasteiger partial charge >= 0.3 is 5.97 Å². The lowest BCUT2D eigenvalue weighted by Gasteiger charge is -2.13. The second-order valence-electron chi connectivity index (χ2n) is 5.40. The summed E-state index contributed by atoms with van der Waals surface area (Å²) in [5.41, 5.74) is 1.93. The lowest BCUT2D eigenvalue weighted by Crippen LogP contribution is -2.16. The number of nitriles is 1. The van der Waals surface area contributed by atoms with Gasteiger partial charge in [0.15, 0.2) is 0 Å². The summed E-state index contributed by atoms with van der Waals surface area (Å²) >= 11 is 0. The predicted octanol–water partition coefficient (Wildman–Crippen LogP) is 3.59. The van der Waals surface area contributed by atoms with Crippen LogP contribution in [0.25, 0.3) is 0 Å². The smallest absolute Gasteiger partial charge is 0.374 e. The van der Waals surface area contributed by atoms with Crippen molar-refractivity contribution in [1.29, 1.82) is 5.26 Å². The van der Waals surface area contributed by atoms with Crippen LogP contribution in [0.15, 0.2) is 76.2 Å².